The van der Waals surface area contributed by atoms with Crippen LogP contribution < -0.4 is 15.4 Å². The fraction of sp³-hybridized carbons (Fsp3) is 0.385. The summed E-state index contributed by atoms with van der Waals surface area (Å²) >= 11 is 0. The highest BCUT2D eigenvalue weighted by Gasteiger charge is 2.48. The van der Waals surface area contributed by atoms with Crippen molar-refractivity contribution in [1.82, 2.24) is 10.6 Å². The molecule has 1 saturated heterocycles. The van der Waals surface area contributed by atoms with E-state index >= 15 is 0 Å². The van der Waals surface area contributed by atoms with Crippen LogP contribution in [-0.4, -0.2) is 24.8 Å². The Morgan fingerprint density at radius 1 is 1.37 bits per heavy atom. The third kappa shape index (κ3) is 1.89. The summed E-state index contributed by atoms with van der Waals surface area (Å²) in [6, 6.07) is 6.59. The van der Waals surface area contributed by atoms with Gasteiger partial charge in [-0.2, -0.15) is 0 Å². The second kappa shape index (κ2) is 4.46. The highest BCUT2D eigenvalue weighted by Crippen LogP contribution is 2.39. The molecule has 0 aliphatic carbocycles. The molecule has 2 amide bonds. The molecule has 3 atom stereocenters. The Bertz CT molecular complexity index is 531. The summed E-state index contributed by atoms with van der Waals surface area (Å²) < 4.78 is 10.7. The summed E-state index contributed by atoms with van der Waals surface area (Å²) in [5.41, 5.74) is 0.798. The van der Waals surface area contributed by atoms with Gasteiger partial charge in [-0.15, -0.1) is 0 Å². The number of fused-ring (bicyclic) bond motifs is 4. The molecule has 1 aromatic rings. The number of nitrogens with one attached hydrogen (secondary N) is 2. The van der Waals surface area contributed by atoms with Crippen molar-refractivity contribution in [3.8, 4) is 5.75 Å². The molecule has 6 heteroatoms. The van der Waals surface area contributed by atoms with Gasteiger partial charge in [0.25, 0.3) is 0 Å². The van der Waals surface area contributed by atoms with Crippen LogP contribution >= 0.6 is 0 Å². The third-order valence-corrected chi connectivity index (χ3v) is 3.31. The van der Waals surface area contributed by atoms with Crippen LogP contribution in [0.2, 0.25) is 0 Å². The molecular formula is C13H14N2O4. The van der Waals surface area contributed by atoms with Crippen LogP contribution in [0.15, 0.2) is 24.3 Å². The first-order valence-corrected chi connectivity index (χ1v) is 6.20. The number of ether oxygens (including phenoxy) is 2. The zero-order chi connectivity index (χ0) is 13.4. The van der Waals surface area contributed by atoms with E-state index in [-0.39, 0.29) is 12.0 Å². The second-order valence-electron chi connectivity index (χ2n) is 4.45. The Balaban J connectivity index is 2.00. The summed E-state index contributed by atoms with van der Waals surface area (Å²) in [5, 5.41) is 5.37. The molecule has 0 radical (unpaired) electrons. The van der Waals surface area contributed by atoms with E-state index in [2.05, 4.69) is 10.6 Å². The van der Waals surface area contributed by atoms with Gasteiger partial charge < -0.3 is 20.1 Å². The van der Waals surface area contributed by atoms with Crippen molar-refractivity contribution in [2.24, 2.45) is 5.92 Å². The molecule has 1 aromatic carbocycles. The molecule has 2 aliphatic rings. The number of carbonyl (C=O) groups is 2. The molecule has 19 heavy (non-hydrogen) atoms. The lowest BCUT2D eigenvalue weighted by Crippen LogP contribution is -2.62. The molecule has 0 saturated carbocycles. The summed E-state index contributed by atoms with van der Waals surface area (Å²) in [5.74, 6) is -0.280. The second-order valence-corrected chi connectivity index (χ2v) is 4.45. The molecule has 100 valence electrons. The number of carbonyl (C=O) groups excluding carboxylic acids is 2. The SMILES string of the molecule is CCOC(=O)C1C2NC(=O)N[C@@H]1Oc1ccccc12. The fourth-order valence-corrected chi connectivity index (χ4v) is 2.52. The summed E-state index contributed by atoms with van der Waals surface area (Å²) in [6.07, 6.45) is -0.687. The van der Waals surface area contributed by atoms with Crippen molar-refractivity contribution >= 4 is 12.0 Å². The Labute approximate surface area is 110 Å². The Morgan fingerprint density at radius 3 is 2.95 bits per heavy atom. The Morgan fingerprint density at radius 2 is 2.16 bits per heavy atom. The average Bonchev–Trinajstić information content (AvgIpc) is 2.38. The standard InChI is InChI=1S/C13H14N2O4/c1-2-18-12(16)9-10-7-5-3-4-6-8(7)19-11(9)15-13(17)14-10/h3-6,9-11H,2H2,1H3,(H2,14,15,17)/t9?,10?,11-/m1/s1. The molecule has 0 aromatic heterocycles. The van der Waals surface area contributed by atoms with E-state index in [1.54, 1.807) is 6.92 Å². The van der Waals surface area contributed by atoms with Crippen LogP contribution in [0, 0.1) is 5.92 Å². The van der Waals surface area contributed by atoms with Crippen molar-refractivity contribution < 1.29 is 19.1 Å². The van der Waals surface area contributed by atoms with E-state index < -0.39 is 18.2 Å². The van der Waals surface area contributed by atoms with E-state index in [4.69, 9.17) is 9.47 Å². The van der Waals surface area contributed by atoms with Crippen molar-refractivity contribution in [3.05, 3.63) is 29.8 Å². The third-order valence-electron chi connectivity index (χ3n) is 3.31. The maximum absolute atomic E-state index is 12.0. The Kier molecular flexibility index (Phi) is 2.77. The zero-order valence-electron chi connectivity index (χ0n) is 10.4. The molecule has 2 N–H and O–H groups in total. The molecular weight excluding hydrogens is 248 g/mol. The molecule has 2 unspecified atom stereocenters. The first kappa shape index (κ1) is 11.8. The topological polar surface area (TPSA) is 76.7 Å². The highest BCUT2D eigenvalue weighted by atomic mass is 16.5. The van der Waals surface area contributed by atoms with Gasteiger partial charge in [0.15, 0.2) is 6.23 Å². The number of hydrogen-bond acceptors (Lipinski definition) is 4. The number of para-hydroxylation sites is 1. The van der Waals surface area contributed by atoms with Crippen LogP contribution in [0.3, 0.4) is 0 Å². The Hall–Kier alpha value is -2.24. The highest BCUT2D eigenvalue weighted by molar-refractivity contribution is 5.82. The number of esters is 1. The number of hydrogen-bond donors (Lipinski definition) is 2. The first-order chi connectivity index (χ1) is 9.20. The van der Waals surface area contributed by atoms with Gasteiger partial charge >= 0.3 is 12.0 Å². The van der Waals surface area contributed by atoms with E-state index in [0.717, 1.165) is 5.56 Å². The van der Waals surface area contributed by atoms with Gasteiger partial charge in [-0.1, -0.05) is 18.2 Å². The molecule has 1 fully saturated rings. The molecule has 2 aliphatic heterocycles. The van der Waals surface area contributed by atoms with E-state index in [1.165, 1.54) is 0 Å². The number of benzene rings is 1. The van der Waals surface area contributed by atoms with Crippen molar-refractivity contribution in [3.63, 3.8) is 0 Å². The van der Waals surface area contributed by atoms with Crippen LogP contribution in [0.5, 0.6) is 5.75 Å². The van der Waals surface area contributed by atoms with Crippen LogP contribution in [0.25, 0.3) is 0 Å². The van der Waals surface area contributed by atoms with Crippen molar-refractivity contribution in [2.45, 2.75) is 19.2 Å². The van der Waals surface area contributed by atoms with Crippen molar-refractivity contribution in [1.29, 1.82) is 0 Å². The lowest BCUT2D eigenvalue weighted by atomic mass is 9.87. The van der Waals surface area contributed by atoms with Crippen molar-refractivity contribution in [2.75, 3.05) is 6.61 Å². The minimum Gasteiger partial charge on any atom is -0.469 e. The maximum atomic E-state index is 12.0. The maximum Gasteiger partial charge on any atom is 0.318 e. The van der Waals surface area contributed by atoms with Crippen LogP contribution in [0.4, 0.5) is 4.79 Å². The van der Waals surface area contributed by atoms with Crippen LogP contribution in [0.1, 0.15) is 18.5 Å². The largest absolute Gasteiger partial charge is 0.469 e. The molecule has 2 bridgehead atoms. The normalized spacial score (nSPS) is 27.4. The van der Waals surface area contributed by atoms with Gasteiger partial charge in [0.05, 0.1) is 12.6 Å². The number of urea groups is 1. The lowest BCUT2D eigenvalue weighted by molar-refractivity contribution is -0.155. The van der Waals surface area contributed by atoms with Gasteiger partial charge in [-0.25, -0.2) is 4.79 Å². The minimum absolute atomic E-state index is 0.296. The fourth-order valence-electron chi connectivity index (χ4n) is 2.52. The predicted molar refractivity (Wildman–Crippen MR) is 65.4 cm³/mol. The van der Waals surface area contributed by atoms with Gasteiger partial charge in [0.2, 0.25) is 0 Å². The van der Waals surface area contributed by atoms with Gasteiger partial charge in [-0.3, -0.25) is 4.79 Å². The number of amides is 2. The predicted octanol–water partition coefficient (Wildman–Crippen LogP) is 0.938. The van der Waals surface area contributed by atoms with Crippen LogP contribution in [-0.2, 0) is 9.53 Å². The summed E-state index contributed by atoms with van der Waals surface area (Å²) in [7, 11) is 0. The van der Waals surface area contributed by atoms with Gasteiger partial charge in [-0.05, 0) is 13.0 Å². The molecule has 6 nitrogen and oxygen atoms in total. The average molecular weight is 262 g/mol. The van der Waals surface area contributed by atoms with E-state index in [9.17, 15) is 9.59 Å². The summed E-state index contributed by atoms with van der Waals surface area (Å²) in [6.45, 7) is 2.04. The monoisotopic (exact) mass is 262 g/mol. The summed E-state index contributed by atoms with van der Waals surface area (Å²) in [4.78, 5) is 23.6. The molecule has 0 spiro atoms. The molecule has 2 heterocycles. The number of rotatable bonds is 2. The zero-order valence-corrected chi connectivity index (χ0v) is 10.4. The first-order valence-electron chi connectivity index (χ1n) is 6.20. The van der Waals surface area contributed by atoms with E-state index in [1.807, 2.05) is 24.3 Å². The van der Waals surface area contributed by atoms with Gasteiger partial charge in [0, 0.05) is 5.56 Å². The molecule has 3 rings (SSSR count). The minimum atomic E-state index is -0.687. The smallest absolute Gasteiger partial charge is 0.318 e. The quantitative estimate of drug-likeness (QED) is 0.778. The van der Waals surface area contributed by atoms with E-state index in [0.29, 0.717) is 12.4 Å². The van der Waals surface area contributed by atoms with Gasteiger partial charge in [0.1, 0.15) is 11.7 Å². The lowest BCUT2D eigenvalue weighted by Gasteiger charge is -2.42.